The van der Waals surface area contributed by atoms with Gasteiger partial charge in [0.25, 0.3) is 0 Å². The van der Waals surface area contributed by atoms with Crippen molar-refractivity contribution < 1.29 is 13.9 Å². The number of carbonyl (C=O) groups excluding carboxylic acids is 1. The average molecular weight is 221 g/mol. The van der Waals surface area contributed by atoms with Gasteiger partial charge in [0.05, 0.1) is 18.2 Å². The predicted octanol–water partition coefficient (Wildman–Crippen LogP) is 1.31. The summed E-state index contributed by atoms with van der Waals surface area (Å²) in [6.07, 6.45) is 0.512. The Bertz CT molecular complexity index is 446. The molecule has 0 spiro atoms. The zero-order valence-corrected chi connectivity index (χ0v) is 8.92. The van der Waals surface area contributed by atoms with E-state index in [1.807, 2.05) is 0 Å². The monoisotopic (exact) mass is 221 g/mol. The minimum absolute atomic E-state index is 0.171. The van der Waals surface area contributed by atoms with Gasteiger partial charge in [0.2, 0.25) is 0 Å². The molecule has 1 aromatic rings. The Morgan fingerprint density at radius 2 is 2.31 bits per heavy atom. The molecule has 0 aliphatic carbocycles. The summed E-state index contributed by atoms with van der Waals surface area (Å²) in [5, 5.41) is 0. The smallest absolute Gasteiger partial charge is 0.337 e. The van der Waals surface area contributed by atoms with Crippen LogP contribution < -0.4 is 5.73 Å². The highest BCUT2D eigenvalue weighted by molar-refractivity contribution is 5.89. The lowest BCUT2D eigenvalue weighted by molar-refractivity contribution is 0.0600. The molecule has 4 heteroatoms. The van der Waals surface area contributed by atoms with E-state index in [0.29, 0.717) is 13.0 Å². The molecule has 3 nitrogen and oxygen atoms in total. The van der Waals surface area contributed by atoms with E-state index >= 15 is 0 Å². The summed E-state index contributed by atoms with van der Waals surface area (Å²) < 4.78 is 17.9. The van der Waals surface area contributed by atoms with Gasteiger partial charge < -0.3 is 10.5 Å². The molecule has 0 bridgehead atoms. The Hall–Kier alpha value is -1.86. The van der Waals surface area contributed by atoms with Crippen LogP contribution in [0.4, 0.5) is 4.39 Å². The number of rotatable bonds is 2. The van der Waals surface area contributed by atoms with Crippen molar-refractivity contribution in [1.29, 1.82) is 0 Å². The highest BCUT2D eigenvalue weighted by Gasteiger charge is 2.08. The molecule has 16 heavy (non-hydrogen) atoms. The molecule has 1 rings (SSSR count). The van der Waals surface area contributed by atoms with E-state index in [0.717, 1.165) is 6.07 Å². The molecule has 0 aliphatic heterocycles. The molecule has 0 heterocycles. The average Bonchev–Trinajstić information content (AvgIpc) is 2.30. The second-order valence-electron chi connectivity index (χ2n) is 3.03. The molecule has 0 amide bonds. The molecule has 0 saturated heterocycles. The van der Waals surface area contributed by atoms with Gasteiger partial charge in [0.1, 0.15) is 5.82 Å². The summed E-state index contributed by atoms with van der Waals surface area (Å²) in [6, 6.07) is 4.03. The van der Waals surface area contributed by atoms with Gasteiger partial charge in [-0.15, -0.1) is 0 Å². The van der Waals surface area contributed by atoms with E-state index in [4.69, 9.17) is 5.73 Å². The van der Waals surface area contributed by atoms with Crippen LogP contribution in [0.3, 0.4) is 0 Å². The van der Waals surface area contributed by atoms with Crippen molar-refractivity contribution in [3.63, 3.8) is 0 Å². The van der Waals surface area contributed by atoms with Crippen LogP contribution in [0.25, 0.3) is 0 Å². The van der Waals surface area contributed by atoms with Crippen molar-refractivity contribution in [3.8, 4) is 11.8 Å². The van der Waals surface area contributed by atoms with Crippen molar-refractivity contribution in [1.82, 2.24) is 0 Å². The van der Waals surface area contributed by atoms with Crippen LogP contribution in [-0.2, 0) is 4.74 Å². The number of ether oxygens (including phenoxy) is 1. The van der Waals surface area contributed by atoms with Crippen molar-refractivity contribution >= 4 is 5.97 Å². The van der Waals surface area contributed by atoms with Gasteiger partial charge in [0, 0.05) is 13.0 Å². The van der Waals surface area contributed by atoms with Gasteiger partial charge in [-0.2, -0.15) is 0 Å². The fraction of sp³-hybridized carbons (Fsp3) is 0.250. The van der Waals surface area contributed by atoms with Gasteiger partial charge in [-0.05, 0) is 18.2 Å². The van der Waals surface area contributed by atoms with Crippen LogP contribution in [0.15, 0.2) is 18.2 Å². The largest absolute Gasteiger partial charge is 0.465 e. The highest BCUT2D eigenvalue weighted by atomic mass is 19.1. The second-order valence-corrected chi connectivity index (χ2v) is 3.03. The Kier molecular flexibility index (Phi) is 4.49. The van der Waals surface area contributed by atoms with Crippen molar-refractivity contribution in [2.75, 3.05) is 13.7 Å². The molecule has 0 aromatic heterocycles. The first-order chi connectivity index (χ1) is 7.69. The molecule has 0 fully saturated rings. The van der Waals surface area contributed by atoms with E-state index in [-0.39, 0.29) is 11.1 Å². The van der Waals surface area contributed by atoms with E-state index in [1.54, 1.807) is 0 Å². The van der Waals surface area contributed by atoms with Crippen LogP contribution in [0, 0.1) is 17.7 Å². The topological polar surface area (TPSA) is 52.3 Å². The summed E-state index contributed by atoms with van der Waals surface area (Å²) in [7, 11) is 1.25. The number of methoxy groups -OCH3 is 1. The standard InChI is InChI=1S/C12H12FNO2/c1-16-12(15)10-6-5-9(11(13)8-10)4-2-3-7-14/h5-6,8H,3,7,14H2,1H3. The summed E-state index contributed by atoms with van der Waals surface area (Å²) in [6.45, 7) is 0.439. The second kappa shape index (κ2) is 5.89. The minimum atomic E-state index is -0.569. The number of carbonyl (C=O) groups is 1. The third-order valence-corrected chi connectivity index (χ3v) is 1.88. The van der Waals surface area contributed by atoms with Crippen molar-refractivity contribution in [3.05, 3.63) is 35.1 Å². The molecule has 0 saturated carbocycles. The van der Waals surface area contributed by atoms with E-state index < -0.39 is 11.8 Å². The first-order valence-electron chi connectivity index (χ1n) is 4.76. The van der Waals surface area contributed by atoms with Gasteiger partial charge in [-0.3, -0.25) is 0 Å². The normalized spacial score (nSPS) is 9.19. The fourth-order valence-electron chi connectivity index (χ4n) is 1.09. The lowest BCUT2D eigenvalue weighted by atomic mass is 10.1. The summed E-state index contributed by atoms with van der Waals surface area (Å²) in [5.41, 5.74) is 5.68. The number of hydrogen-bond donors (Lipinski definition) is 1. The van der Waals surface area contributed by atoms with E-state index in [2.05, 4.69) is 16.6 Å². The molecular formula is C12H12FNO2. The Morgan fingerprint density at radius 1 is 1.56 bits per heavy atom. The quantitative estimate of drug-likeness (QED) is 0.605. The van der Waals surface area contributed by atoms with Gasteiger partial charge in [-0.1, -0.05) is 11.8 Å². The highest BCUT2D eigenvalue weighted by Crippen LogP contribution is 2.10. The first-order valence-corrected chi connectivity index (χ1v) is 4.76. The maximum atomic E-state index is 13.4. The number of nitrogens with two attached hydrogens (primary N) is 1. The van der Waals surface area contributed by atoms with Gasteiger partial charge >= 0.3 is 5.97 Å². The zero-order valence-electron chi connectivity index (χ0n) is 8.92. The van der Waals surface area contributed by atoms with Gasteiger partial charge in [-0.25, -0.2) is 9.18 Å². The van der Waals surface area contributed by atoms with Crippen molar-refractivity contribution in [2.24, 2.45) is 5.73 Å². The Morgan fingerprint density at radius 3 is 2.88 bits per heavy atom. The maximum absolute atomic E-state index is 13.4. The third kappa shape index (κ3) is 3.07. The number of halogens is 1. The summed E-state index contributed by atoms with van der Waals surface area (Å²) in [5.74, 6) is 4.26. The van der Waals surface area contributed by atoms with Crippen LogP contribution >= 0.6 is 0 Å². The van der Waals surface area contributed by atoms with Crippen LogP contribution in [0.2, 0.25) is 0 Å². The fourth-order valence-corrected chi connectivity index (χ4v) is 1.09. The molecule has 0 atom stereocenters. The number of hydrogen-bond acceptors (Lipinski definition) is 3. The molecule has 2 N–H and O–H groups in total. The Labute approximate surface area is 93.4 Å². The third-order valence-electron chi connectivity index (χ3n) is 1.88. The summed E-state index contributed by atoms with van der Waals surface area (Å²) in [4.78, 5) is 11.1. The molecule has 84 valence electrons. The maximum Gasteiger partial charge on any atom is 0.337 e. The lowest BCUT2D eigenvalue weighted by Gasteiger charge is -2.00. The van der Waals surface area contributed by atoms with Crippen LogP contribution in [0.1, 0.15) is 22.3 Å². The first kappa shape index (κ1) is 12.2. The molecule has 1 aromatic carbocycles. The molecular weight excluding hydrogens is 209 g/mol. The van der Waals surface area contributed by atoms with Crippen molar-refractivity contribution in [2.45, 2.75) is 6.42 Å². The van der Waals surface area contributed by atoms with Crippen LogP contribution in [-0.4, -0.2) is 19.6 Å². The molecule has 0 unspecified atom stereocenters. The SMILES string of the molecule is COC(=O)c1ccc(C#CCCN)c(F)c1. The molecule has 0 radical (unpaired) electrons. The van der Waals surface area contributed by atoms with E-state index in [9.17, 15) is 9.18 Å². The van der Waals surface area contributed by atoms with Crippen LogP contribution in [0.5, 0.6) is 0 Å². The van der Waals surface area contributed by atoms with Gasteiger partial charge in [0.15, 0.2) is 0 Å². The minimum Gasteiger partial charge on any atom is -0.465 e. The van der Waals surface area contributed by atoms with E-state index in [1.165, 1.54) is 19.2 Å². The molecule has 0 aliphatic rings. The lowest BCUT2D eigenvalue weighted by Crippen LogP contribution is -2.02. The zero-order chi connectivity index (χ0) is 12.0. The Balaban J connectivity index is 2.93. The number of benzene rings is 1. The predicted molar refractivity (Wildman–Crippen MR) is 58.3 cm³/mol. The number of esters is 1. The summed E-state index contributed by atoms with van der Waals surface area (Å²) >= 11 is 0.